The fourth-order valence-electron chi connectivity index (χ4n) is 1.78. The molecule has 7 heteroatoms. The molecular weight excluding hydrogens is 336 g/mol. The number of ether oxygens (including phenoxy) is 2. The van der Waals surface area contributed by atoms with Gasteiger partial charge in [-0.1, -0.05) is 23.4 Å². The Kier molecular flexibility index (Phi) is 7.29. The van der Waals surface area contributed by atoms with Crippen molar-refractivity contribution in [1.82, 2.24) is 9.97 Å². The molecule has 124 valence electrons. The van der Waals surface area contributed by atoms with E-state index in [1.165, 1.54) is 6.20 Å². The van der Waals surface area contributed by atoms with Crippen molar-refractivity contribution in [1.29, 1.82) is 0 Å². The minimum atomic E-state index is -0.372. The van der Waals surface area contributed by atoms with E-state index in [-0.39, 0.29) is 5.97 Å². The first-order valence-corrected chi connectivity index (χ1v) is 8.78. The Hall–Kier alpha value is -1.66. The Morgan fingerprint density at radius 1 is 1.30 bits per heavy atom. The largest absolute Gasteiger partial charge is 0.494 e. The molecule has 0 unspecified atom stereocenters. The average Bonchev–Trinajstić information content (AvgIpc) is 3.02. The van der Waals surface area contributed by atoms with Gasteiger partial charge in [-0.2, -0.15) is 0 Å². The molecule has 2 rings (SSSR count). The van der Waals surface area contributed by atoms with E-state index in [4.69, 9.17) is 21.1 Å². The number of imidazole rings is 1. The number of carbonyl (C=O) groups is 1. The molecule has 0 fully saturated rings. The molecule has 5 nitrogen and oxygen atoms in total. The lowest BCUT2D eigenvalue weighted by atomic mass is 10.3. The summed E-state index contributed by atoms with van der Waals surface area (Å²) in [5.74, 6) is 1.36. The molecule has 0 bridgehead atoms. The molecule has 1 N–H and O–H groups in total. The quantitative estimate of drug-likeness (QED) is 0.415. The maximum atomic E-state index is 11.5. The summed E-state index contributed by atoms with van der Waals surface area (Å²) in [5.41, 5.74) is 0.389. The Bertz CT molecular complexity index is 616. The van der Waals surface area contributed by atoms with E-state index in [9.17, 15) is 4.79 Å². The molecule has 0 aliphatic heterocycles. The molecule has 1 heterocycles. The molecular formula is C16H19ClN2O3S. The van der Waals surface area contributed by atoms with Gasteiger partial charge in [-0.25, -0.2) is 9.78 Å². The molecule has 23 heavy (non-hydrogen) atoms. The van der Waals surface area contributed by atoms with E-state index < -0.39 is 0 Å². The average molecular weight is 355 g/mol. The van der Waals surface area contributed by atoms with E-state index >= 15 is 0 Å². The van der Waals surface area contributed by atoms with Crippen LogP contribution < -0.4 is 4.74 Å². The van der Waals surface area contributed by atoms with E-state index in [1.54, 1.807) is 18.7 Å². The fraction of sp³-hybridized carbons (Fsp3) is 0.375. The van der Waals surface area contributed by atoms with Crippen molar-refractivity contribution >= 4 is 29.3 Å². The van der Waals surface area contributed by atoms with E-state index in [0.717, 1.165) is 29.5 Å². The molecule has 0 saturated carbocycles. The zero-order valence-electron chi connectivity index (χ0n) is 12.9. The van der Waals surface area contributed by atoms with Crippen molar-refractivity contribution in [3.8, 4) is 5.75 Å². The van der Waals surface area contributed by atoms with Crippen LogP contribution in [0, 0.1) is 0 Å². The number of unbranched alkanes of at least 4 members (excludes halogenated alkanes) is 1. The Balaban J connectivity index is 1.60. The van der Waals surface area contributed by atoms with Gasteiger partial charge in [0.1, 0.15) is 11.4 Å². The van der Waals surface area contributed by atoms with Crippen LogP contribution in [-0.2, 0) is 4.74 Å². The normalized spacial score (nSPS) is 10.5. The molecule has 0 spiro atoms. The standard InChI is InChI=1S/C16H19ClN2O3S/c1-2-21-15(20)14-11-18-16(19-14)23-10-4-3-9-22-13-7-5-12(17)6-8-13/h5-8,11H,2-4,9-10H2,1H3,(H,18,19). The highest BCUT2D eigenvalue weighted by atomic mass is 35.5. The van der Waals surface area contributed by atoms with Gasteiger partial charge in [-0.15, -0.1) is 0 Å². The predicted octanol–water partition coefficient (Wildman–Crippen LogP) is 4.19. The number of benzene rings is 1. The zero-order chi connectivity index (χ0) is 16.5. The first kappa shape index (κ1) is 17.7. The first-order chi connectivity index (χ1) is 11.2. The Morgan fingerprint density at radius 2 is 2.09 bits per heavy atom. The Labute approximate surface area is 144 Å². The number of aromatic amines is 1. The minimum Gasteiger partial charge on any atom is -0.494 e. The third kappa shape index (κ3) is 6.15. The number of carbonyl (C=O) groups excluding carboxylic acids is 1. The monoisotopic (exact) mass is 354 g/mol. The van der Waals surface area contributed by atoms with Gasteiger partial charge in [0.25, 0.3) is 0 Å². The smallest absolute Gasteiger partial charge is 0.356 e. The van der Waals surface area contributed by atoms with Crippen molar-refractivity contribution in [3.05, 3.63) is 41.2 Å². The second kappa shape index (κ2) is 9.47. The summed E-state index contributed by atoms with van der Waals surface area (Å²) in [5, 5.41) is 1.43. The number of nitrogens with one attached hydrogen (secondary N) is 1. The number of halogens is 1. The van der Waals surface area contributed by atoms with Gasteiger partial charge in [0, 0.05) is 10.8 Å². The third-order valence-corrected chi connectivity index (χ3v) is 4.13. The number of rotatable bonds is 9. The lowest BCUT2D eigenvalue weighted by Gasteiger charge is -2.05. The van der Waals surface area contributed by atoms with Crippen LogP contribution >= 0.6 is 23.4 Å². The molecule has 0 amide bonds. The molecule has 0 aliphatic carbocycles. The van der Waals surface area contributed by atoms with Crippen LogP contribution in [0.25, 0.3) is 0 Å². The van der Waals surface area contributed by atoms with Crippen molar-refractivity contribution in [2.45, 2.75) is 24.9 Å². The maximum Gasteiger partial charge on any atom is 0.356 e. The van der Waals surface area contributed by atoms with Crippen molar-refractivity contribution in [3.63, 3.8) is 0 Å². The van der Waals surface area contributed by atoms with Crippen molar-refractivity contribution < 1.29 is 14.3 Å². The van der Waals surface area contributed by atoms with E-state index in [0.29, 0.717) is 23.9 Å². The van der Waals surface area contributed by atoms with E-state index in [1.807, 2.05) is 24.3 Å². The number of aromatic nitrogens is 2. The van der Waals surface area contributed by atoms with Gasteiger partial charge in [0.2, 0.25) is 0 Å². The predicted molar refractivity (Wildman–Crippen MR) is 91.4 cm³/mol. The third-order valence-electron chi connectivity index (χ3n) is 2.91. The molecule has 0 aliphatic rings. The van der Waals surface area contributed by atoms with Gasteiger partial charge in [0.15, 0.2) is 5.16 Å². The second-order valence-corrected chi connectivity index (χ2v) is 6.20. The Morgan fingerprint density at radius 3 is 2.83 bits per heavy atom. The molecule has 0 radical (unpaired) electrons. The highest BCUT2D eigenvalue weighted by Crippen LogP contribution is 2.18. The zero-order valence-corrected chi connectivity index (χ0v) is 14.5. The number of hydrogen-bond donors (Lipinski definition) is 1. The van der Waals surface area contributed by atoms with Gasteiger partial charge in [-0.05, 0) is 44.0 Å². The van der Waals surface area contributed by atoms with Crippen molar-refractivity contribution in [2.24, 2.45) is 0 Å². The maximum absolute atomic E-state index is 11.5. The summed E-state index contributed by atoms with van der Waals surface area (Å²) in [7, 11) is 0. The fourth-order valence-corrected chi connectivity index (χ4v) is 2.76. The van der Waals surface area contributed by atoms with Gasteiger partial charge in [-0.3, -0.25) is 0 Å². The molecule has 0 atom stereocenters. The van der Waals surface area contributed by atoms with Crippen LogP contribution in [0.3, 0.4) is 0 Å². The van der Waals surface area contributed by atoms with Crippen LogP contribution in [0.5, 0.6) is 5.75 Å². The lowest BCUT2D eigenvalue weighted by molar-refractivity contribution is 0.0519. The van der Waals surface area contributed by atoms with Crippen molar-refractivity contribution in [2.75, 3.05) is 19.0 Å². The number of hydrogen-bond acceptors (Lipinski definition) is 5. The minimum absolute atomic E-state index is 0.355. The second-order valence-electron chi connectivity index (χ2n) is 4.68. The summed E-state index contributed by atoms with van der Waals surface area (Å²) in [6, 6.07) is 7.34. The van der Waals surface area contributed by atoms with Gasteiger partial charge in [0.05, 0.1) is 19.4 Å². The van der Waals surface area contributed by atoms with Gasteiger partial charge < -0.3 is 14.5 Å². The highest BCUT2D eigenvalue weighted by Gasteiger charge is 2.10. The van der Waals surface area contributed by atoms with Crippen LogP contribution in [0.15, 0.2) is 35.6 Å². The van der Waals surface area contributed by atoms with Gasteiger partial charge >= 0.3 is 5.97 Å². The van der Waals surface area contributed by atoms with E-state index in [2.05, 4.69) is 9.97 Å². The summed E-state index contributed by atoms with van der Waals surface area (Å²) in [4.78, 5) is 18.6. The van der Waals surface area contributed by atoms with Crippen LogP contribution in [0.4, 0.5) is 0 Å². The molecule has 1 aromatic heterocycles. The number of nitrogens with zero attached hydrogens (tertiary/aromatic N) is 1. The SMILES string of the molecule is CCOC(=O)c1cnc(SCCCCOc2ccc(Cl)cc2)[nH]1. The number of thioether (sulfide) groups is 1. The van der Waals surface area contributed by atoms with Crippen LogP contribution in [-0.4, -0.2) is 34.9 Å². The summed E-state index contributed by atoms with van der Waals surface area (Å²) in [6.45, 7) is 2.79. The summed E-state index contributed by atoms with van der Waals surface area (Å²) in [6.07, 6.45) is 3.44. The topological polar surface area (TPSA) is 64.2 Å². The summed E-state index contributed by atoms with van der Waals surface area (Å²) < 4.78 is 10.5. The summed E-state index contributed by atoms with van der Waals surface area (Å²) >= 11 is 7.39. The number of esters is 1. The molecule has 2 aromatic rings. The first-order valence-electron chi connectivity index (χ1n) is 7.42. The van der Waals surface area contributed by atoms with Crippen LogP contribution in [0.1, 0.15) is 30.3 Å². The number of H-pyrrole nitrogens is 1. The molecule has 0 saturated heterocycles. The highest BCUT2D eigenvalue weighted by molar-refractivity contribution is 7.99. The van der Waals surface area contributed by atoms with Crippen LogP contribution in [0.2, 0.25) is 5.02 Å². The molecule has 1 aromatic carbocycles. The lowest BCUT2D eigenvalue weighted by Crippen LogP contribution is -2.04.